The van der Waals surface area contributed by atoms with E-state index < -0.39 is 15.6 Å². The van der Waals surface area contributed by atoms with Crippen LogP contribution in [0.3, 0.4) is 0 Å². The van der Waals surface area contributed by atoms with Gasteiger partial charge in [-0.2, -0.15) is 4.31 Å². The monoisotopic (exact) mass is 301 g/mol. The Labute approximate surface area is 119 Å². The van der Waals surface area contributed by atoms with Crippen molar-refractivity contribution >= 4 is 10.0 Å². The van der Waals surface area contributed by atoms with Crippen molar-refractivity contribution in [2.75, 3.05) is 26.9 Å². The lowest BCUT2D eigenvalue weighted by atomic mass is 10.1. The zero-order chi connectivity index (χ0) is 15.0. The number of rotatable bonds is 4. The van der Waals surface area contributed by atoms with Gasteiger partial charge in [-0.15, -0.1) is 0 Å². The molecule has 112 valence electrons. The Morgan fingerprint density at radius 1 is 1.25 bits per heavy atom. The second-order valence-electron chi connectivity index (χ2n) is 5.25. The first-order valence-electron chi connectivity index (χ1n) is 6.28. The molecule has 0 bridgehead atoms. The molecule has 0 fully saturated rings. The number of ether oxygens (including phenoxy) is 2. The molecule has 0 aromatic heterocycles. The number of benzene rings is 1. The first-order chi connectivity index (χ1) is 9.29. The lowest BCUT2D eigenvalue weighted by Gasteiger charge is -2.33. The summed E-state index contributed by atoms with van der Waals surface area (Å²) in [6.07, 6.45) is 0. The number of nitrogens with zero attached hydrogens (tertiary/aromatic N) is 1. The Kier molecular flexibility index (Phi) is 3.95. The highest BCUT2D eigenvalue weighted by Crippen LogP contribution is 2.33. The van der Waals surface area contributed by atoms with E-state index in [-0.39, 0.29) is 11.5 Å². The predicted octanol–water partition coefficient (Wildman–Crippen LogP) is 0.849. The number of aliphatic hydroxyl groups excluding tert-OH is 1. The minimum Gasteiger partial charge on any atom is -0.486 e. The first kappa shape index (κ1) is 15.1. The average Bonchev–Trinajstić information content (AvgIpc) is 2.45. The summed E-state index contributed by atoms with van der Waals surface area (Å²) in [5, 5.41) is 9.32. The smallest absolute Gasteiger partial charge is 0.243 e. The molecular formula is C13H19NO5S. The average molecular weight is 301 g/mol. The molecular weight excluding hydrogens is 282 g/mol. The van der Waals surface area contributed by atoms with Gasteiger partial charge in [0.25, 0.3) is 0 Å². The van der Waals surface area contributed by atoms with Gasteiger partial charge in [-0.3, -0.25) is 0 Å². The van der Waals surface area contributed by atoms with Gasteiger partial charge in [-0.1, -0.05) is 0 Å². The molecule has 0 saturated carbocycles. The number of sulfonamides is 1. The quantitative estimate of drug-likeness (QED) is 0.892. The van der Waals surface area contributed by atoms with E-state index in [2.05, 4.69) is 0 Å². The molecule has 2 rings (SSSR count). The number of fused-ring (bicyclic) bond motifs is 1. The maximum absolute atomic E-state index is 12.5. The third kappa shape index (κ3) is 2.61. The van der Waals surface area contributed by atoms with Crippen molar-refractivity contribution in [1.29, 1.82) is 0 Å². The fourth-order valence-electron chi connectivity index (χ4n) is 1.77. The molecule has 20 heavy (non-hydrogen) atoms. The van der Waals surface area contributed by atoms with Crippen LogP contribution in [0.25, 0.3) is 0 Å². The molecule has 0 aliphatic carbocycles. The maximum atomic E-state index is 12.5. The van der Waals surface area contributed by atoms with Gasteiger partial charge < -0.3 is 14.6 Å². The van der Waals surface area contributed by atoms with Crippen LogP contribution in [0.2, 0.25) is 0 Å². The summed E-state index contributed by atoms with van der Waals surface area (Å²) in [5.74, 6) is 0.965. The van der Waals surface area contributed by atoms with Gasteiger partial charge >= 0.3 is 0 Å². The van der Waals surface area contributed by atoms with Crippen LogP contribution in [0.5, 0.6) is 11.5 Å². The third-order valence-corrected chi connectivity index (χ3v) is 5.48. The Morgan fingerprint density at radius 2 is 1.85 bits per heavy atom. The van der Waals surface area contributed by atoms with Crippen molar-refractivity contribution in [2.45, 2.75) is 24.3 Å². The van der Waals surface area contributed by atoms with Gasteiger partial charge in [-0.05, 0) is 26.0 Å². The van der Waals surface area contributed by atoms with E-state index in [0.717, 1.165) is 4.31 Å². The van der Waals surface area contributed by atoms with Crippen LogP contribution in [0, 0.1) is 0 Å². The minimum atomic E-state index is -3.70. The Balaban J connectivity index is 2.40. The van der Waals surface area contributed by atoms with Crippen molar-refractivity contribution in [3.63, 3.8) is 0 Å². The highest BCUT2D eigenvalue weighted by atomic mass is 32.2. The van der Waals surface area contributed by atoms with Gasteiger partial charge in [0.2, 0.25) is 10.0 Å². The largest absolute Gasteiger partial charge is 0.486 e. The molecule has 1 aliphatic rings. The minimum absolute atomic E-state index is 0.116. The fourth-order valence-corrected chi connectivity index (χ4v) is 3.29. The van der Waals surface area contributed by atoms with E-state index in [9.17, 15) is 13.5 Å². The normalized spacial score (nSPS) is 15.4. The molecule has 1 aromatic carbocycles. The fraction of sp³-hybridized carbons (Fsp3) is 0.538. The zero-order valence-electron chi connectivity index (χ0n) is 11.8. The van der Waals surface area contributed by atoms with E-state index in [1.165, 1.54) is 19.2 Å². The van der Waals surface area contributed by atoms with Crippen LogP contribution in [0.1, 0.15) is 13.8 Å². The maximum Gasteiger partial charge on any atom is 0.243 e. The van der Waals surface area contributed by atoms with E-state index in [1.807, 2.05) is 0 Å². The molecule has 1 aliphatic heterocycles. The lowest BCUT2D eigenvalue weighted by Crippen LogP contribution is -2.47. The van der Waals surface area contributed by atoms with Crippen LogP contribution in [-0.2, 0) is 10.0 Å². The van der Waals surface area contributed by atoms with Crippen LogP contribution < -0.4 is 9.47 Å². The van der Waals surface area contributed by atoms with Gasteiger partial charge in [0.1, 0.15) is 13.2 Å². The van der Waals surface area contributed by atoms with Crippen molar-refractivity contribution in [2.24, 2.45) is 0 Å². The summed E-state index contributed by atoms with van der Waals surface area (Å²) in [7, 11) is -2.26. The predicted molar refractivity (Wildman–Crippen MR) is 73.5 cm³/mol. The summed E-state index contributed by atoms with van der Waals surface area (Å²) in [6, 6.07) is 4.52. The van der Waals surface area contributed by atoms with E-state index in [1.54, 1.807) is 19.9 Å². The van der Waals surface area contributed by atoms with Crippen LogP contribution in [0.4, 0.5) is 0 Å². The van der Waals surface area contributed by atoms with Gasteiger partial charge in [-0.25, -0.2) is 8.42 Å². The number of likely N-dealkylation sites (N-methyl/N-ethyl adjacent to an activating group) is 1. The number of aliphatic hydroxyl groups is 1. The molecule has 0 amide bonds. The van der Waals surface area contributed by atoms with Crippen molar-refractivity contribution < 1.29 is 23.0 Å². The van der Waals surface area contributed by atoms with E-state index >= 15 is 0 Å². The van der Waals surface area contributed by atoms with E-state index in [4.69, 9.17) is 9.47 Å². The third-order valence-electron chi connectivity index (χ3n) is 3.41. The molecule has 0 atom stereocenters. The van der Waals surface area contributed by atoms with Crippen molar-refractivity contribution in [3.05, 3.63) is 18.2 Å². The molecule has 0 unspecified atom stereocenters. The molecule has 0 spiro atoms. The molecule has 0 radical (unpaired) electrons. The summed E-state index contributed by atoms with van der Waals surface area (Å²) in [5.41, 5.74) is -0.883. The topological polar surface area (TPSA) is 76.1 Å². The summed E-state index contributed by atoms with van der Waals surface area (Å²) < 4.78 is 37.0. The van der Waals surface area contributed by atoms with Crippen LogP contribution in [-0.4, -0.2) is 50.2 Å². The highest BCUT2D eigenvalue weighted by molar-refractivity contribution is 7.89. The Hall–Kier alpha value is -1.31. The summed E-state index contributed by atoms with van der Waals surface area (Å²) >= 11 is 0. The Morgan fingerprint density at radius 3 is 2.45 bits per heavy atom. The van der Waals surface area contributed by atoms with E-state index in [0.29, 0.717) is 24.7 Å². The van der Waals surface area contributed by atoms with Gasteiger partial charge in [0.05, 0.1) is 17.0 Å². The first-order valence-corrected chi connectivity index (χ1v) is 7.72. The number of hydrogen-bond acceptors (Lipinski definition) is 5. The molecule has 0 saturated heterocycles. The number of hydrogen-bond donors (Lipinski definition) is 1. The van der Waals surface area contributed by atoms with Crippen molar-refractivity contribution in [1.82, 2.24) is 4.31 Å². The second kappa shape index (κ2) is 5.23. The SMILES string of the molecule is CN(C(C)(C)CO)S(=O)(=O)c1ccc2c(c1)OCCO2. The molecule has 1 heterocycles. The molecule has 1 N–H and O–H groups in total. The van der Waals surface area contributed by atoms with Gasteiger partial charge in [0.15, 0.2) is 11.5 Å². The van der Waals surface area contributed by atoms with Crippen LogP contribution in [0.15, 0.2) is 23.1 Å². The van der Waals surface area contributed by atoms with Gasteiger partial charge in [0, 0.05) is 13.1 Å². The lowest BCUT2D eigenvalue weighted by molar-refractivity contribution is 0.138. The second-order valence-corrected chi connectivity index (χ2v) is 7.22. The summed E-state index contributed by atoms with van der Waals surface area (Å²) in [4.78, 5) is 0.116. The Bertz CT molecular complexity index is 597. The van der Waals surface area contributed by atoms with Crippen LogP contribution >= 0.6 is 0 Å². The molecule has 6 nitrogen and oxygen atoms in total. The zero-order valence-corrected chi connectivity index (χ0v) is 12.6. The molecule has 1 aromatic rings. The summed E-state index contributed by atoms with van der Waals surface area (Å²) in [6.45, 7) is 3.89. The molecule has 7 heteroatoms. The standard InChI is InChI=1S/C13H19NO5S/c1-13(2,9-15)14(3)20(16,17)10-4-5-11-12(8-10)19-7-6-18-11/h4-5,8,15H,6-7,9H2,1-3H3. The highest BCUT2D eigenvalue weighted by Gasteiger charge is 2.34. The van der Waals surface area contributed by atoms with Crippen molar-refractivity contribution in [3.8, 4) is 11.5 Å².